The molecule has 0 saturated carbocycles. The van der Waals surface area contributed by atoms with Gasteiger partial charge in [0.1, 0.15) is 5.52 Å². The van der Waals surface area contributed by atoms with Gasteiger partial charge in [-0.05, 0) is 30.3 Å². The number of rotatable bonds is 3. The van der Waals surface area contributed by atoms with E-state index in [4.69, 9.17) is 4.42 Å². The van der Waals surface area contributed by atoms with Gasteiger partial charge in [0.25, 0.3) is 0 Å². The molecule has 3 aromatic rings. The largest absolute Gasteiger partial charge is 0.443 e. The predicted molar refractivity (Wildman–Crippen MR) is 78.1 cm³/mol. The van der Waals surface area contributed by atoms with Gasteiger partial charge in [0.15, 0.2) is 12.0 Å². The van der Waals surface area contributed by atoms with Crippen LogP contribution in [-0.4, -0.2) is 19.1 Å². The van der Waals surface area contributed by atoms with Gasteiger partial charge in [-0.15, -0.1) is 0 Å². The molecule has 0 fully saturated rings. The summed E-state index contributed by atoms with van der Waals surface area (Å²) in [6, 6.07) is 14.2. The molecule has 4 nitrogen and oxygen atoms in total. The number of aromatic nitrogens is 1. The van der Waals surface area contributed by atoms with E-state index in [0.29, 0.717) is 0 Å². The Morgan fingerprint density at radius 1 is 1.11 bits per heavy atom. The fourth-order valence-electron chi connectivity index (χ4n) is 2.07. The van der Waals surface area contributed by atoms with Crippen LogP contribution >= 0.6 is 0 Å². The Morgan fingerprint density at radius 3 is 2.79 bits per heavy atom. The van der Waals surface area contributed by atoms with E-state index in [2.05, 4.69) is 27.3 Å². The maximum absolute atomic E-state index is 5.34. The molecule has 0 radical (unpaired) electrons. The first-order valence-corrected chi connectivity index (χ1v) is 6.13. The third kappa shape index (κ3) is 2.12. The fraction of sp³-hybridized carbons (Fsp3) is 0.133. The van der Waals surface area contributed by atoms with Crippen LogP contribution in [0.4, 0.5) is 17.1 Å². The van der Waals surface area contributed by atoms with Crippen LogP contribution in [0.3, 0.4) is 0 Å². The van der Waals surface area contributed by atoms with Crippen LogP contribution in [0.2, 0.25) is 0 Å². The molecule has 4 heteroatoms. The summed E-state index contributed by atoms with van der Waals surface area (Å²) in [5.41, 5.74) is 4.95. The molecule has 1 heterocycles. The molecule has 0 amide bonds. The van der Waals surface area contributed by atoms with E-state index in [1.165, 1.54) is 6.39 Å². The van der Waals surface area contributed by atoms with Gasteiger partial charge < -0.3 is 14.6 Å². The van der Waals surface area contributed by atoms with Crippen LogP contribution in [0.5, 0.6) is 0 Å². The number of hydrogen-bond donors (Lipinski definition) is 1. The van der Waals surface area contributed by atoms with Crippen molar-refractivity contribution in [3.05, 3.63) is 48.9 Å². The first-order valence-electron chi connectivity index (χ1n) is 6.13. The minimum atomic E-state index is 0.800. The number of anilines is 3. The van der Waals surface area contributed by atoms with Crippen molar-refractivity contribution in [2.24, 2.45) is 0 Å². The summed E-state index contributed by atoms with van der Waals surface area (Å²) in [6.07, 6.45) is 1.47. The van der Waals surface area contributed by atoms with E-state index in [1.807, 2.05) is 44.4 Å². The van der Waals surface area contributed by atoms with E-state index < -0.39 is 0 Å². The Kier molecular flexibility index (Phi) is 2.83. The van der Waals surface area contributed by atoms with E-state index in [0.717, 1.165) is 28.2 Å². The topological polar surface area (TPSA) is 41.3 Å². The second-order valence-electron chi connectivity index (χ2n) is 4.36. The van der Waals surface area contributed by atoms with Gasteiger partial charge in [-0.25, -0.2) is 4.98 Å². The third-order valence-electron chi connectivity index (χ3n) is 3.22. The van der Waals surface area contributed by atoms with Crippen LogP contribution in [0.15, 0.2) is 53.3 Å². The molecule has 2 aromatic carbocycles. The Hall–Kier alpha value is -2.49. The molecule has 1 aromatic heterocycles. The number of oxazole rings is 1. The monoisotopic (exact) mass is 253 g/mol. The number of benzene rings is 2. The summed E-state index contributed by atoms with van der Waals surface area (Å²) in [5, 5.41) is 3.14. The highest BCUT2D eigenvalue weighted by Crippen LogP contribution is 2.28. The quantitative estimate of drug-likeness (QED) is 0.773. The summed E-state index contributed by atoms with van der Waals surface area (Å²) in [4.78, 5) is 6.24. The van der Waals surface area contributed by atoms with Crippen LogP contribution in [0, 0.1) is 0 Å². The first kappa shape index (κ1) is 11.6. The molecule has 3 rings (SSSR count). The van der Waals surface area contributed by atoms with Gasteiger partial charge in [0.05, 0.1) is 0 Å². The van der Waals surface area contributed by atoms with E-state index in [-0.39, 0.29) is 0 Å². The summed E-state index contributed by atoms with van der Waals surface area (Å²) in [5.74, 6) is 0. The molecular formula is C15H15N3O. The summed E-state index contributed by atoms with van der Waals surface area (Å²) in [7, 11) is 3.95. The van der Waals surface area contributed by atoms with Gasteiger partial charge in [-0.1, -0.05) is 6.07 Å². The average Bonchev–Trinajstić information content (AvgIpc) is 2.94. The smallest absolute Gasteiger partial charge is 0.181 e. The van der Waals surface area contributed by atoms with Crippen LogP contribution in [0.1, 0.15) is 0 Å². The SMILES string of the molecule is CNc1cccc(N(C)c2ccc3ncoc3c2)c1. The molecule has 0 bridgehead atoms. The van der Waals surface area contributed by atoms with Crippen LogP contribution in [-0.2, 0) is 0 Å². The van der Waals surface area contributed by atoms with Crippen LogP contribution in [0.25, 0.3) is 11.1 Å². The lowest BCUT2D eigenvalue weighted by Crippen LogP contribution is -2.09. The maximum Gasteiger partial charge on any atom is 0.181 e. The molecular weight excluding hydrogens is 238 g/mol. The average molecular weight is 253 g/mol. The molecule has 0 unspecified atom stereocenters. The second-order valence-corrected chi connectivity index (χ2v) is 4.36. The molecule has 0 atom stereocenters. The lowest BCUT2D eigenvalue weighted by Gasteiger charge is -2.20. The van der Waals surface area contributed by atoms with Gasteiger partial charge in [0, 0.05) is 37.2 Å². The molecule has 0 aliphatic carbocycles. The van der Waals surface area contributed by atoms with Crippen molar-refractivity contribution in [3.8, 4) is 0 Å². The van der Waals surface area contributed by atoms with Gasteiger partial charge in [0.2, 0.25) is 0 Å². The van der Waals surface area contributed by atoms with Crippen molar-refractivity contribution < 1.29 is 4.42 Å². The number of fused-ring (bicyclic) bond motifs is 1. The molecule has 0 aliphatic heterocycles. The summed E-state index contributed by atoms with van der Waals surface area (Å²) >= 11 is 0. The Bertz CT molecular complexity index is 705. The predicted octanol–water partition coefficient (Wildman–Crippen LogP) is 3.64. The van der Waals surface area contributed by atoms with E-state index >= 15 is 0 Å². The van der Waals surface area contributed by atoms with Crippen molar-refractivity contribution in [1.82, 2.24) is 4.98 Å². The fourth-order valence-corrected chi connectivity index (χ4v) is 2.07. The third-order valence-corrected chi connectivity index (χ3v) is 3.22. The molecule has 1 N–H and O–H groups in total. The van der Waals surface area contributed by atoms with Crippen LogP contribution < -0.4 is 10.2 Å². The molecule has 0 aliphatic rings. The highest BCUT2D eigenvalue weighted by molar-refractivity contribution is 5.79. The minimum Gasteiger partial charge on any atom is -0.443 e. The number of nitrogens with zero attached hydrogens (tertiary/aromatic N) is 2. The Labute approximate surface area is 111 Å². The maximum atomic E-state index is 5.34. The van der Waals surface area contributed by atoms with Gasteiger partial charge in [-0.2, -0.15) is 0 Å². The highest BCUT2D eigenvalue weighted by Gasteiger charge is 2.07. The Morgan fingerprint density at radius 2 is 1.95 bits per heavy atom. The van der Waals surface area contributed by atoms with Crippen molar-refractivity contribution in [2.75, 3.05) is 24.3 Å². The molecule has 0 saturated heterocycles. The first-order chi connectivity index (χ1) is 9.28. The molecule has 96 valence electrons. The van der Waals surface area contributed by atoms with E-state index in [1.54, 1.807) is 0 Å². The number of hydrogen-bond acceptors (Lipinski definition) is 4. The standard InChI is InChI=1S/C15H15N3O/c1-16-11-4-3-5-12(8-11)18(2)13-6-7-14-15(9-13)19-10-17-14/h3-10,16H,1-2H3. The van der Waals surface area contributed by atoms with Crippen molar-refractivity contribution in [2.45, 2.75) is 0 Å². The minimum absolute atomic E-state index is 0.800. The zero-order valence-electron chi connectivity index (χ0n) is 10.9. The molecule has 0 spiro atoms. The van der Waals surface area contributed by atoms with Crippen molar-refractivity contribution in [1.29, 1.82) is 0 Å². The van der Waals surface area contributed by atoms with E-state index in [9.17, 15) is 0 Å². The lowest BCUT2D eigenvalue weighted by atomic mass is 10.2. The summed E-state index contributed by atoms with van der Waals surface area (Å²) in [6.45, 7) is 0. The molecule has 19 heavy (non-hydrogen) atoms. The van der Waals surface area contributed by atoms with Gasteiger partial charge >= 0.3 is 0 Å². The zero-order valence-corrected chi connectivity index (χ0v) is 10.9. The second kappa shape index (κ2) is 4.65. The summed E-state index contributed by atoms with van der Waals surface area (Å²) < 4.78 is 5.34. The lowest BCUT2D eigenvalue weighted by molar-refractivity contribution is 0.602. The Balaban J connectivity index is 1.99. The highest BCUT2D eigenvalue weighted by atomic mass is 16.3. The normalized spacial score (nSPS) is 10.6. The number of nitrogens with one attached hydrogen (secondary N) is 1. The van der Waals surface area contributed by atoms with Crippen molar-refractivity contribution in [3.63, 3.8) is 0 Å². The van der Waals surface area contributed by atoms with Gasteiger partial charge in [-0.3, -0.25) is 0 Å². The van der Waals surface area contributed by atoms with Crippen molar-refractivity contribution >= 4 is 28.2 Å². The zero-order chi connectivity index (χ0) is 13.2.